The second-order valence-corrected chi connectivity index (χ2v) is 5.32. The molecule has 18 heavy (non-hydrogen) atoms. The van der Waals surface area contributed by atoms with Crippen LogP contribution in [0.5, 0.6) is 0 Å². The third kappa shape index (κ3) is 1.70. The molecule has 1 heterocycles. The second-order valence-electron chi connectivity index (χ2n) is 5.32. The van der Waals surface area contributed by atoms with Crippen molar-refractivity contribution >= 4 is 11.7 Å². The Bertz CT molecular complexity index is 509. The van der Waals surface area contributed by atoms with Crippen LogP contribution >= 0.6 is 0 Å². The predicted octanol–water partition coefficient (Wildman–Crippen LogP) is 2.69. The summed E-state index contributed by atoms with van der Waals surface area (Å²) in [7, 11) is 0. The highest BCUT2D eigenvalue weighted by Crippen LogP contribution is 2.46. The van der Waals surface area contributed by atoms with E-state index in [4.69, 9.17) is 0 Å². The number of carboxylic acids is 1. The number of benzene rings is 1. The van der Waals surface area contributed by atoms with Gasteiger partial charge >= 0.3 is 5.97 Å². The SMILES string of the molecule is O=C(O)C1C=CCC12CCNc1ccccc1C2. The number of allylic oxidation sites excluding steroid dienone is 1. The molecular formula is C15H17NO2. The van der Waals surface area contributed by atoms with Crippen molar-refractivity contribution in [1.29, 1.82) is 0 Å². The second kappa shape index (κ2) is 4.16. The van der Waals surface area contributed by atoms with E-state index in [1.165, 1.54) is 5.56 Å². The van der Waals surface area contributed by atoms with Crippen LogP contribution in [0.1, 0.15) is 18.4 Å². The van der Waals surface area contributed by atoms with E-state index in [-0.39, 0.29) is 11.3 Å². The molecule has 1 spiro atoms. The molecule has 3 heteroatoms. The van der Waals surface area contributed by atoms with Crippen LogP contribution in [0.2, 0.25) is 0 Å². The lowest BCUT2D eigenvalue weighted by molar-refractivity contribution is -0.143. The maximum Gasteiger partial charge on any atom is 0.310 e. The lowest BCUT2D eigenvalue weighted by atomic mass is 9.70. The van der Waals surface area contributed by atoms with E-state index >= 15 is 0 Å². The Hall–Kier alpha value is -1.77. The molecule has 2 aliphatic rings. The van der Waals surface area contributed by atoms with Gasteiger partial charge in [0.1, 0.15) is 0 Å². The molecule has 0 radical (unpaired) electrons. The molecule has 2 atom stereocenters. The van der Waals surface area contributed by atoms with Gasteiger partial charge in [0, 0.05) is 12.2 Å². The Morgan fingerprint density at radius 3 is 3.06 bits per heavy atom. The molecule has 0 bridgehead atoms. The Labute approximate surface area is 107 Å². The molecule has 0 saturated carbocycles. The van der Waals surface area contributed by atoms with Crippen LogP contribution in [0.4, 0.5) is 5.69 Å². The van der Waals surface area contributed by atoms with Crippen molar-refractivity contribution in [3.63, 3.8) is 0 Å². The van der Waals surface area contributed by atoms with Crippen LogP contribution in [0.3, 0.4) is 0 Å². The van der Waals surface area contributed by atoms with Crippen LogP contribution in [0, 0.1) is 11.3 Å². The lowest BCUT2D eigenvalue weighted by Gasteiger charge is -2.32. The van der Waals surface area contributed by atoms with E-state index < -0.39 is 5.97 Å². The van der Waals surface area contributed by atoms with Crippen LogP contribution in [-0.4, -0.2) is 17.6 Å². The van der Waals surface area contributed by atoms with Gasteiger partial charge in [-0.3, -0.25) is 4.79 Å². The topological polar surface area (TPSA) is 49.3 Å². The van der Waals surface area contributed by atoms with E-state index in [2.05, 4.69) is 17.4 Å². The molecule has 1 aliphatic heterocycles. The van der Waals surface area contributed by atoms with Gasteiger partial charge in [-0.05, 0) is 36.3 Å². The largest absolute Gasteiger partial charge is 0.481 e. The van der Waals surface area contributed by atoms with Gasteiger partial charge in [-0.15, -0.1) is 0 Å². The summed E-state index contributed by atoms with van der Waals surface area (Å²) >= 11 is 0. The standard InChI is InChI=1S/C15H17NO2/c17-14(18)12-5-3-7-15(12)8-9-16-13-6-2-1-4-11(13)10-15/h1-6,12,16H,7-10H2,(H,17,18). The van der Waals surface area contributed by atoms with Crippen molar-refractivity contribution in [3.8, 4) is 0 Å². The number of para-hydroxylation sites is 1. The minimum Gasteiger partial charge on any atom is -0.481 e. The summed E-state index contributed by atoms with van der Waals surface area (Å²) in [5, 5.41) is 12.8. The number of aliphatic carboxylic acids is 1. The molecule has 0 aromatic heterocycles. The van der Waals surface area contributed by atoms with E-state index in [0.717, 1.165) is 31.5 Å². The molecule has 0 saturated heterocycles. The molecule has 1 aromatic rings. The summed E-state index contributed by atoms with van der Waals surface area (Å²) in [6.07, 6.45) is 6.54. The van der Waals surface area contributed by atoms with Gasteiger partial charge in [-0.2, -0.15) is 0 Å². The molecule has 1 aromatic carbocycles. The zero-order valence-corrected chi connectivity index (χ0v) is 10.2. The summed E-state index contributed by atoms with van der Waals surface area (Å²) in [6, 6.07) is 8.22. The molecule has 1 aliphatic carbocycles. The van der Waals surface area contributed by atoms with Crippen LogP contribution in [-0.2, 0) is 11.2 Å². The van der Waals surface area contributed by atoms with E-state index in [1.54, 1.807) is 0 Å². The van der Waals surface area contributed by atoms with E-state index in [9.17, 15) is 9.90 Å². The van der Waals surface area contributed by atoms with Gasteiger partial charge < -0.3 is 10.4 Å². The fourth-order valence-corrected chi connectivity index (χ4v) is 3.31. The molecule has 0 amide bonds. The third-order valence-electron chi connectivity index (χ3n) is 4.28. The number of fused-ring (bicyclic) bond motifs is 1. The summed E-state index contributed by atoms with van der Waals surface area (Å²) in [6.45, 7) is 0.850. The maximum atomic E-state index is 11.4. The fraction of sp³-hybridized carbons (Fsp3) is 0.400. The smallest absolute Gasteiger partial charge is 0.310 e. The highest BCUT2D eigenvalue weighted by Gasteiger charge is 2.44. The number of hydrogen-bond acceptors (Lipinski definition) is 2. The number of rotatable bonds is 1. The lowest BCUT2D eigenvalue weighted by Crippen LogP contribution is -2.34. The summed E-state index contributed by atoms with van der Waals surface area (Å²) in [5.41, 5.74) is 2.26. The van der Waals surface area contributed by atoms with E-state index in [0.29, 0.717) is 0 Å². The Balaban J connectivity index is 1.98. The van der Waals surface area contributed by atoms with Crippen molar-refractivity contribution < 1.29 is 9.90 Å². The zero-order valence-electron chi connectivity index (χ0n) is 10.2. The first-order chi connectivity index (χ1) is 8.71. The Morgan fingerprint density at radius 2 is 2.22 bits per heavy atom. The van der Waals surface area contributed by atoms with Crippen molar-refractivity contribution in [2.45, 2.75) is 19.3 Å². The first-order valence-corrected chi connectivity index (χ1v) is 6.43. The fourth-order valence-electron chi connectivity index (χ4n) is 3.31. The van der Waals surface area contributed by atoms with Crippen molar-refractivity contribution in [2.75, 3.05) is 11.9 Å². The average Bonchev–Trinajstić information content (AvgIpc) is 2.66. The average molecular weight is 243 g/mol. The van der Waals surface area contributed by atoms with Gasteiger partial charge in [0.05, 0.1) is 5.92 Å². The normalized spacial score (nSPS) is 29.7. The highest BCUT2D eigenvalue weighted by atomic mass is 16.4. The number of nitrogens with one attached hydrogen (secondary N) is 1. The zero-order chi connectivity index (χ0) is 12.6. The van der Waals surface area contributed by atoms with Crippen LogP contribution in [0.15, 0.2) is 36.4 Å². The summed E-state index contributed by atoms with van der Waals surface area (Å²) < 4.78 is 0. The predicted molar refractivity (Wildman–Crippen MR) is 70.6 cm³/mol. The first kappa shape index (κ1) is 11.3. The van der Waals surface area contributed by atoms with Crippen molar-refractivity contribution in [1.82, 2.24) is 0 Å². The quantitative estimate of drug-likeness (QED) is 0.746. The summed E-state index contributed by atoms with van der Waals surface area (Å²) in [5.74, 6) is -1.03. The van der Waals surface area contributed by atoms with Gasteiger partial charge in [-0.25, -0.2) is 0 Å². The summed E-state index contributed by atoms with van der Waals surface area (Å²) in [4.78, 5) is 11.4. The monoisotopic (exact) mass is 243 g/mol. The molecule has 3 nitrogen and oxygen atoms in total. The van der Waals surface area contributed by atoms with Crippen LogP contribution in [0.25, 0.3) is 0 Å². The van der Waals surface area contributed by atoms with Crippen LogP contribution < -0.4 is 5.32 Å². The maximum absolute atomic E-state index is 11.4. The van der Waals surface area contributed by atoms with Gasteiger partial charge in [0.25, 0.3) is 0 Å². The van der Waals surface area contributed by atoms with Gasteiger partial charge in [0.15, 0.2) is 0 Å². The van der Waals surface area contributed by atoms with Gasteiger partial charge in [-0.1, -0.05) is 30.4 Å². The molecule has 2 N–H and O–H groups in total. The molecule has 2 unspecified atom stereocenters. The number of carboxylic acid groups (broad SMARTS) is 1. The molecule has 94 valence electrons. The minimum atomic E-state index is -0.692. The van der Waals surface area contributed by atoms with E-state index in [1.807, 2.05) is 24.3 Å². The number of anilines is 1. The molecule has 0 fully saturated rings. The van der Waals surface area contributed by atoms with Gasteiger partial charge in [0.2, 0.25) is 0 Å². The number of hydrogen-bond donors (Lipinski definition) is 2. The van der Waals surface area contributed by atoms with Crippen molar-refractivity contribution in [2.24, 2.45) is 11.3 Å². The molecule has 3 rings (SSSR count). The first-order valence-electron chi connectivity index (χ1n) is 6.43. The van der Waals surface area contributed by atoms with Crippen molar-refractivity contribution in [3.05, 3.63) is 42.0 Å². The Morgan fingerprint density at radius 1 is 1.39 bits per heavy atom. The minimum absolute atomic E-state index is 0.133. The highest BCUT2D eigenvalue weighted by molar-refractivity contribution is 5.74. The molecular weight excluding hydrogens is 226 g/mol. The Kier molecular flexibility index (Phi) is 2.62. The third-order valence-corrected chi connectivity index (χ3v) is 4.28. The number of carbonyl (C=O) groups is 1.